The first-order valence-corrected chi connectivity index (χ1v) is 8.76. The fraction of sp³-hybridized carbons (Fsp3) is 0.316. The lowest BCUT2D eigenvalue weighted by Crippen LogP contribution is -2.30. The van der Waals surface area contributed by atoms with E-state index in [-0.39, 0.29) is 36.6 Å². The number of carbonyl (C=O) groups is 1. The molecule has 156 valence electrons. The van der Waals surface area contributed by atoms with Crippen LogP contribution in [-0.4, -0.2) is 41.0 Å². The van der Waals surface area contributed by atoms with Gasteiger partial charge in [0.25, 0.3) is 5.69 Å². The number of nitrogens with two attached hydrogens (primary N) is 1. The number of ether oxygens (including phenoxy) is 2. The molecule has 0 aliphatic heterocycles. The van der Waals surface area contributed by atoms with Gasteiger partial charge in [-0.3, -0.25) is 10.1 Å². The Hall–Kier alpha value is -3.37. The highest BCUT2D eigenvalue weighted by Crippen LogP contribution is 2.35. The highest BCUT2D eigenvalue weighted by atomic mass is 16.6. The second-order valence-electron chi connectivity index (χ2n) is 6.20. The molecule has 0 aliphatic rings. The zero-order chi connectivity index (χ0) is 21.4. The first-order chi connectivity index (χ1) is 13.8. The highest BCUT2D eigenvalue weighted by Gasteiger charge is 2.26. The van der Waals surface area contributed by atoms with Gasteiger partial charge in [-0.1, -0.05) is 30.3 Å². The molecule has 29 heavy (non-hydrogen) atoms. The molecule has 0 saturated heterocycles. The second-order valence-corrected chi connectivity index (χ2v) is 6.20. The highest BCUT2D eigenvalue weighted by molar-refractivity contribution is 5.67. The van der Waals surface area contributed by atoms with Gasteiger partial charge in [0.05, 0.1) is 24.2 Å². The summed E-state index contributed by atoms with van der Waals surface area (Å²) in [6.07, 6.45) is -3.55. The van der Waals surface area contributed by atoms with Crippen molar-refractivity contribution in [1.29, 1.82) is 0 Å². The van der Waals surface area contributed by atoms with Crippen molar-refractivity contribution in [3.8, 4) is 5.75 Å². The summed E-state index contributed by atoms with van der Waals surface area (Å²) in [6.45, 7) is 0.111. The van der Waals surface area contributed by atoms with E-state index in [2.05, 4.69) is 5.32 Å². The molecule has 0 aromatic heterocycles. The van der Waals surface area contributed by atoms with Crippen LogP contribution < -0.4 is 15.8 Å². The first-order valence-electron chi connectivity index (χ1n) is 8.76. The quantitative estimate of drug-likeness (QED) is 0.280. The maximum Gasteiger partial charge on any atom is 0.407 e. The van der Waals surface area contributed by atoms with Crippen molar-refractivity contribution in [2.45, 2.75) is 25.2 Å². The minimum atomic E-state index is -1.51. The Morgan fingerprint density at radius 3 is 2.59 bits per heavy atom. The van der Waals surface area contributed by atoms with Crippen molar-refractivity contribution in [3.63, 3.8) is 0 Å². The summed E-state index contributed by atoms with van der Waals surface area (Å²) in [4.78, 5) is 22.1. The fourth-order valence-corrected chi connectivity index (χ4v) is 2.61. The summed E-state index contributed by atoms with van der Waals surface area (Å²) < 4.78 is 10.0. The summed E-state index contributed by atoms with van der Waals surface area (Å²) in [6, 6.07) is 11.6. The first kappa shape index (κ1) is 21.9. The maximum absolute atomic E-state index is 11.7. The van der Waals surface area contributed by atoms with Gasteiger partial charge in [0, 0.05) is 12.1 Å². The van der Waals surface area contributed by atoms with Crippen LogP contribution in [0.4, 0.5) is 16.2 Å². The Morgan fingerprint density at radius 1 is 1.28 bits per heavy atom. The summed E-state index contributed by atoms with van der Waals surface area (Å²) in [5, 5.41) is 34.1. The molecule has 0 spiro atoms. The van der Waals surface area contributed by atoms with Crippen LogP contribution in [0.5, 0.6) is 5.75 Å². The number of nitrogen functional groups attached to an aromatic ring is 1. The zero-order valence-corrected chi connectivity index (χ0v) is 15.8. The molecule has 2 aromatic carbocycles. The number of hydrogen-bond acceptors (Lipinski definition) is 8. The zero-order valence-electron chi connectivity index (χ0n) is 15.8. The second kappa shape index (κ2) is 10.2. The number of carbonyl (C=O) groups excluding carboxylic acids is 1. The number of hydrogen-bond donors (Lipinski definition) is 4. The molecule has 0 bridgehead atoms. The summed E-state index contributed by atoms with van der Waals surface area (Å²) in [5.41, 5.74) is 5.85. The van der Waals surface area contributed by atoms with Gasteiger partial charge in [0.2, 0.25) is 0 Å². The third-order valence-corrected chi connectivity index (χ3v) is 4.20. The lowest BCUT2D eigenvalue weighted by atomic mass is 9.99. The molecule has 5 N–H and O–H groups in total. The lowest BCUT2D eigenvalue weighted by Gasteiger charge is -2.20. The Balaban J connectivity index is 1.90. The Bertz CT molecular complexity index is 845. The van der Waals surface area contributed by atoms with Crippen molar-refractivity contribution in [2.75, 3.05) is 19.4 Å². The number of nitrogens with one attached hydrogen (secondary N) is 1. The number of benzene rings is 2. The van der Waals surface area contributed by atoms with E-state index in [1.54, 1.807) is 0 Å². The molecule has 2 atom stereocenters. The minimum absolute atomic E-state index is 0.0117. The molecule has 0 radical (unpaired) electrons. The third-order valence-electron chi connectivity index (χ3n) is 4.20. The Kier molecular flexibility index (Phi) is 7.75. The number of nitro groups is 1. The molecule has 2 unspecified atom stereocenters. The van der Waals surface area contributed by atoms with Crippen LogP contribution in [0.25, 0.3) is 0 Å². The van der Waals surface area contributed by atoms with Gasteiger partial charge in [0.1, 0.15) is 24.1 Å². The number of amides is 1. The average Bonchev–Trinajstić information content (AvgIpc) is 2.72. The number of anilines is 1. The molecular weight excluding hydrogens is 382 g/mol. The van der Waals surface area contributed by atoms with Crippen molar-refractivity contribution in [2.24, 2.45) is 0 Å². The molecule has 0 fully saturated rings. The number of nitro benzene ring substituents is 1. The minimum Gasteiger partial charge on any atom is -0.496 e. The van der Waals surface area contributed by atoms with Gasteiger partial charge >= 0.3 is 6.09 Å². The molecule has 0 heterocycles. The van der Waals surface area contributed by atoms with Crippen molar-refractivity contribution in [1.82, 2.24) is 5.32 Å². The van der Waals surface area contributed by atoms with E-state index < -0.39 is 28.9 Å². The van der Waals surface area contributed by atoms with E-state index in [1.165, 1.54) is 13.2 Å². The maximum atomic E-state index is 11.7. The van der Waals surface area contributed by atoms with Crippen molar-refractivity contribution in [3.05, 3.63) is 63.7 Å². The van der Waals surface area contributed by atoms with Gasteiger partial charge in [-0.2, -0.15) is 0 Å². The predicted octanol–water partition coefficient (Wildman–Crippen LogP) is 1.90. The Labute approximate surface area is 167 Å². The summed E-state index contributed by atoms with van der Waals surface area (Å²) in [7, 11) is 1.31. The molecule has 2 aromatic rings. The van der Waals surface area contributed by atoms with Crippen LogP contribution in [0.1, 0.15) is 23.7 Å². The number of rotatable bonds is 9. The Morgan fingerprint density at radius 2 is 1.97 bits per heavy atom. The average molecular weight is 405 g/mol. The van der Waals surface area contributed by atoms with Crippen molar-refractivity contribution < 1.29 is 29.4 Å². The van der Waals surface area contributed by atoms with E-state index >= 15 is 0 Å². The molecule has 1 amide bonds. The van der Waals surface area contributed by atoms with Gasteiger partial charge < -0.3 is 30.7 Å². The van der Waals surface area contributed by atoms with Crippen molar-refractivity contribution >= 4 is 17.5 Å². The molecule has 10 nitrogen and oxygen atoms in total. The predicted molar refractivity (Wildman–Crippen MR) is 104 cm³/mol. The molecule has 10 heteroatoms. The van der Waals surface area contributed by atoms with E-state index in [9.17, 15) is 25.1 Å². The lowest BCUT2D eigenvalue weighted by molar-refractivity contribution is -0.384. The number of nitrogens with zero attached hydrogens (tertiary/aromatic N) is 1. The van der Waals surface area contributed by atoms with Crippen LogP contribution in [0.2, 0.25) is 0 Å². The van der Waals surface area contributed by atoms with Gasteiger partial charge in [-0.15, -0.1) is 0 Å². The smallest absolute Gasteiger partial charge is 0.407 e. The fourth-order valence-electron chi connectivity index (χ4n) is 2.61. The molecule has 0 saturated carbocycles. The van der Waals surface area contributed by atoms with E-state index in [0.717, 1.165) is 11.6 Å². The number of methoxy groups -OCH3 is 1. The molecular formula is C19H23N3O7. The van der Waals surface area contributed by atoms with Gasteiger partial charge in [0.15, 0.2) is 0 Å². The van der Waals surface area contributed by atoms with Crippen LogP contribution >= 0.6 is 0 Å². The largest absolute Gasteiger partial charge is 0.496 e. The number of alkyl carbamates (subject to hydrolysis) is 1. The summed E-state index contributed by atoms with van der Waals surface area (Å²) in [5.74, 6) is 0.120. The standard InChI is InChI=1S/C19H23N3O7/c1-28-13-9-14(17(20)15(10-13)22(26)27)18(24)16(23)7-8-21-19(25)29-11-12-5-3-2-4-6-12/h2-6,9-10,16,18,23-24H,7-8,11,20H2,1H3,(H,21,25). The van der Waals surface area contributed by atoms with Crippen LogP contribution in [-0.2, 0) is 11.3 Å². The topological polar surface area (TPSA) is 157 Å². The van der Waals surface area contributed by atoms with Crippen LogP contribution in [0, 0.1) is 10.1 Å². The normalized spacial score (nSPS) is 12.7. The SMILES string of the molecule is COc1cc(C(O)C(O)CCNC(=O)OCc2ccccc2)c(N)c([N+](=O)[O-])c1. The summed E-state index contributed by atoms with van der Waals surface area (Å²) >= 11 is 0. The van der Waals surface area contributed by atoms with E-state index in [1.807, 2.05) is 30.3 Å². The molecule has 2 rings (SSSR count). The number of aliphatic hydroxyl groups excluding tert-OH is 2. The number of aliphatic hydroxyl groups is 2. The molecule has 0 aliphatic carbocycles. The van der Waals surface area contributed by atoms with E-state index in [4.69, 9.17) is 15.2 Å². The van der Waals surface area contributed by atoms with Crippen LogP contribution in [0.3, 0.4) is 0 Å². The third kappa shape index (κ3) is 6.06. The van der Waals surface area contributed by atoms with Gasteiger partial charge in [-0.25, -0.2) is 4.79 Å². The monoisotopic (exact) mass is 405 g/mol. The van der Waals surface area contributed by atoms with Crippen LogP contribution in [0.15, 0.2) is 42.5 Å². The van der Waals surface area contributed by atoms with E-state index in [0.29, 0.717) is 0 Å². The van der Waals surface area contributed by atoms with Gasteiger partial charge in [-0.05, 0) is 18.1 Å².